The van der Waals surface area contributed by atoms with Crippen LogP contribution in [0.4, 0.5) is 8.78 Å². The lowest BCUT2D eigenvalue weighted by atomic mass is 10.0. The average molecular weight is 290 g/mol. The van der Waals surface area contributed by atoms with Crippen molar-refractivity contribution < 1.29 is 8.78 Å². The van der Waals surface area contributed by atoms with Crippen LogP contribution in [0.15, 0.2) is 28.8 Å². The van der Waals surface area contributed by atoms with E-state index in [9.17, 15) is 8.78 Å². The van der Waals surface area contributed by atoms with E-state index in [2.05, 4.69) is 27.8 Å². The zero-order valence-corrected chi connectivity index (χ0v) is 10.9. The Balaban J connectivity index is 3.11. The summed E-state index contributed by atoms with van der Waals surface area (Å²) in [4.78, 5) is 0. The molecule has 0 aliphatic heterocycles. The van der Waals surface area contributed by atoms with E-state index in [1.807, 2.05) is 6.92 Å². The standard InChI is InChI=1S/C12H14BrF2N/c1-7(2)6-10(16-3)8-4-5-9(14)12(15)11(8)13/h4-5,10,16H,1,6H2,2-3H3. The molecule has 0 heterocycles. The normalized spacial score (nSPS) is 12.6. The fourth-order valence-electron chi connectivity index (χ4n) is 1.53. The molecule has 0 fully saturated rings. The summed E-state index contributed by atoms with van der Waals surface area (Å²) in [5, 5.41) is 3.06. The molecule has 88 valence electrons. The van der Waals surface area contributed by atoms with Crippen molar-refractivity contribution in [1.29, 1.82) is 0 Å². The van der Waals surface area contributed by atoms with E-state index in [0.29, 0.717) is 12.0 Å². The Bertz CT molecular complexity index is 404. The summed E-state index contributed by atoms with van der Waals surface area (Å²) >= 11 is 3.08. The maximum absolute atomic E-state index is 13.4. The Labute approximate surface area is 103 Å². The van der Waals surface area contributed by atoms with E-state index in [4.69, 9.17) is 0 Å². The summed E-state index contributed by atoms with van der Waals surface area (Å²) in [6.45, 7) is 5.72. The monoisotopic (exact) mass is 289 g/mol. The van der Waals surface area contributed by atoms with Crippen molar-refractivity contribution in [3.63, 3.8) is 0 Å². The lowest BCUT2D eigenvalue weighted by Gasteiger charge is -2.18. The third-order valence-corrected chi connectivity index (χ3v) is 3.15. The van der Waals surface area contributed by atoms with Crippen LogP contribution in [0, 0.1) is 11.6 Å². The van der Waals surface area contributed by atoms with Gasteiger partial charge in [-0.15, -0.1) is 6.58 Å². The lowest BCUT2D eigenvalue weighted by molar-refractivity contribution is 0.495. The Morgan fingerprint density at radius 3 is 2.62 bits per heavy atom. The van der Waals surface area contributed by atoms with E-state index in [1.54, 1.807) is 13.1 Å². The number of hydrogen-bond acceptors (Lipinski definition) is 1. The highest BCUT2D eigenvalue weighted by atomic mass is 79.9. The van der Waals surface area contributed by atoms with Gasteiger partial charge in [-0.3, -0.25) is 0 Å². The van der Waals surface area contributed by atoms with Gasteiger partial charge < -0.3 is 5.32 Å². The van der Waals surface area contributed by atoms with Crippen molar-refractivity contribution in [2.24, 2.45) is 0 Å². The molecular weight excluding hydrogens is 276 g/mol. The van der Waals surface area contributed by atoms with Crippen LogP contribution in [0.1, 0.15) is 24.9 Å². The van der Waals surface area contributed by atoms with Crippen molar-refractivity contribution >= 4 is 15.9 Å². The van der Waals surface area contributed by atoms with Gasteiger partial charge in [0.25, 0.3) is 0 Å². The maximum atomic E-state index is 13.4. The first kappa shape index (κ1) is 13.3. The van der Waals surface area contributed by atoms with Crippen LogP contribution >= 0.6 is 15.9 Å². The van der Waals surface area contributed by atoms with Crippen LogP contribution in [-0.2, 0) is 0 Å². The van der Waals surface area contributed by atoms with Gasteiger partial charge in [-0.25, -0.2) is 8.78 Å². The third-order valence-electron chi connectivity index (χ3n) is 2.34. The van der Waals surface area contributed by atoms with Crippen LogP contribution in [0.2, 0.25) is 0 Å². The highest BCUT2D eigenvalue weighted by molar-refractivity contribution is 9.10. The van der Waals surface area contributed by atoms with Crippen molar-refractivity contribution in [2.45, 2.75) is 19.4 Å². The Morgan fingerprint density at radius 1 is 1.50 bits per heavy atom. The Hall–Kier alpha value is -0.740. The predicted octanol–water partition coefficient (Wildman–Crippen LogP) is 3.95. The van der Waals surface area contributed by atoms with Crippen LogP contribution in [0.25, 0.3) is 0 Å². The Kier molecular flexibility index (Phi) is 4.62. The molecule has 1 aromatic carbocycles. The second-order valence-corrected chi connectivity index (χ2v) is 4.56. The van der Waals surface area contributed by atoms with Crippen LogP contribution < -0.4 is 5.32 Å². The SMILES string of the molecule is C=C(C)CC(NC)c1ccc(F)c(F)c1Br. The molecule has 16 heavy (non-hydrogen) atoms. The summed E-state index contributed by atoms with van der Waals surface area (Å²) in [6, 6.07) is 2.65. The smallest absolute Gasteiger partial charge is 0.173 e. The predicted molar refractivity (Wildman–Crippen MR) is 65.3 cm³/mol. The summed E-state index contributed by atoms with van der Waals surface area (Å²) in [5.41, 5.74) is 1.68. The summed E-state index contributed by atoms with van der Waals surface area (Å²) in [5.74, 6) is -1.69. The number of rotatable bonds is 4. The molecule has 1 unspecified atom stereocenters. The minimum absolute atomic E-state index is 0.0676. The summed E-state index contributed by atoms with van der Waals surface area (Å²) < 4.78 is 26.5. The zero-order valence-electron chi connectivity index (χ0n) is 9.28. The molecule has 0 radical (unpaired) electrons. The molecule has 0 spiro atoms. The van der Waals surface area contributed by atoms with Gasteiger partial charge >= 0.3 is 0 Å². The number of benzene rings is 1. The second-order valence-electron chi connectivity index (χ2n) is 3.77. The van der Waals surface area contributed by atoms with Gasteiger partial charge in [-0.05, 0) is 48.0 Å². The molecule has 1 nitrogen and oxygen atoms in total. The highest BCUT2D eigenvalue weighted by Gasteiger charge is 2.17. The molecule has 1 rings (SSSR count). The molecule has 0 aromatic heterocycles. The van der Waals surface area contributed by atoms with Crippen molar-refractivity contribution in [3.8, 4) is 0 Å². The summed E-state index contributed by atoms with van der Waals surface area (Å²) in [6.07, 6.45) is 0.681. The molecule has 1 aromatic rings. The molecule has 0 bridgehead atoms. The van der Waals surface area contributed by atoms with Crippen LogP contribution in [0.3, 0.4) is 0 Å². The molecule has 0 aliphatic rings. The molecule has 0 saturated heterocycles. The van der Waals surface area contributed by atoms with Crippen molar-refractivity contribution in [1.82, 2.24) is 5.32 Å². The van der Waals surface area contributed by atoms with E-state index in [-0.39, 0.29) is 10.5 Å². The van der Waals surface area contributed by atoms with Gasteiger partial charge in [-0.2, -0.15) is 0 Å². The minimum atomic E-state index is -0.848. The van der Waals surface area contributed by atoms with E-state index in [0.717, 1.165) is 11.6 Å². The molecule has 4 heteroatoms. The fraction of sp³-hybridized carbons (Fsp3) is 0.333. The van der Waals surface area contributed by atoms with Gasteiger partial charge in [0.2, 0.25) is 0 Å². The quantitative estimate of drug-likeness (QED) is 0.654. The lowest BCUT2D eigenvalue weighted by Crippen LogP contribution is -2.17. The number of hydrogen-bond donors (Lipinski definition) is 1. The fourth-order valence-corrected chi connectivity index (χ4v) is 2.12. The Morgan fingerprint density at radius 2 is 2.12 bits per heavy atom. The summed E-state index contributed by atoms with van der Waals surface area (Å²) in [7, 11) is 1.78. The van der Waals surface area contributed by atoms with Gasteiger partial charge in [0, 0.05) is 6.04 Å². The molecule has 1 N–H and O–H groups in total. The first-order valence-electron chi connectivity index (χ1n) is 4.92. The van der Waals surface area contributed by atoms with E-state index < -0.39 is 11.6 Å². The van der Waals surface area contributed by atoms with Gasteiger partial charge in [-0.1, -0.05) is 11.6 Å². The highest BCUT2D eigenvalue weighted by Crippen LogP contribution is 2.30. The minimum Gasteiger partial charge on any atom is -0.313 e. The first-order chi connectivity index (χ1) is 7.47. The molecule has 0 amide bonds. The molecule has 0 saturated carbocycles. The van der Waals surface area contributed by atoms with Crippen LogP contribution in [-0.4, -0.2) is 7.05 Å². The topological polar surface area (TPSA) is 12.0 Å². The van der Waals surface area contributed by atoms with E-state index >= 15 is 0 Å². The average Bonchev–Trinajstić information content (AvgIpc) is 2.23. The first-order valence-corrected chi connectivity index (χ1v) is 5.71. The van der Waals surface area contributed by atoms with Crippen LogP contribution in [0.5, 0.6) is 0 Å². The second kappa shape index (κ2) is 5.55. The molecule has 1 atom stereocenters. The van der Waals surface area contributed by atoms with E-state index in [1.165, 1.54) is 0 Å². The number of halogens is 3. The van der Waals surface area contributed by atoms with Gasteiger partial charge in [0.15, 0.2) is 11.6 Å². The third kappa shape index (κ3) is 2.89. The largest absolute Gasteiger partial charge is 0.313 e. The van der Waals surface area contributed by atoms with Crippen molar-refractivity contribution in [2.75, 3.05) is 7.05 Å². The van der Waals surface area contributed by atoms with Gasteiger partial charge in [0.1, 0.15) is 0 Å². The van der Waals surface area contributed by atoms with Crippen molar-refractivity contribution in [3.05, 3.63) is 46.0 Å². The number of nitrogens with one attached hydrogen (secondary N) is 1. The van der Waals surface area contributed by atoms with Gasteiger partial charge in [0.05, 0.1) is 4.47 Å². The molecule has 0 aliphatic carbocycles. The zero-order chi connectivity index (χ0) is 12.3. The maximum Gasteiger partial charge on any atom is 0.173 e. The molecular formula is C12H14BrF2N.